The van der Waals surface area contributed by atoms with E-state index in [1.54, 1.807) is 6.26 Å². The van der Waals surface area contributed by atoms with E-state index in [1.807, 2.05) is 13.8 Å². The molecule has 0 aromatic carbocycles. The molecule has 7 nitrogen and oxygen atoms in total. The lowest BCUT2D eigenvalue weighted by Gasteiger charge is -2.22. The van der Waals surface area contributed by atoms with Gasteiger partial charge in [-0.2, -0.15) is 0 Å². The number of esters is 2. The summed E-state index contributed by atoms with van der Waals surface area (Å²) in [6, 6.07) is 0. The van der Waals surface area contributed by atoms with Gasteiger partial charge in [0.2, 0.25) is 0 Å². The Labute approximate surface area is 138 Å². The second kappa shape index (κ2) is 4.21. The predicted octanol–water partition coefficient (Wildman–Crippen LogP) is 1.88. The Hall–Kier alpha value is -1.86. The van der Waals surface area contributed by atoms with Crippen LogP contribution in [0.25, 0.3) is 0 Å². The van der Waals surface area contributed by atoms with Gasteiger partial charge in [0.25, 0.3) is 0 Å². The van der Waals surface area contributed by atoms with Crippen LogP contribution in [0.3, 0.4) is 0 Å². The highest BCUT2D eigenvalue weighted by molar-refractivity contribution is 5.87. The molecule has 2 bridgehead atoms. The third kappa shape index (κ3) is 1.64. The van der Waals surface area contributed by atoms with Crippen LogP contribution in [0, 0.1) is 6.92 Å². The van der Waals surface area contributed by atoms with E-state index >= 15 is 0 Å². The van der Waals surface area contributed by atoms with E-state index in [9.17, 15) is 9.59 Å². The number of epoxide rings is 2. The second-order valence-corrected chi connectivity index (χ2v) is 7.27. The summed E-state index contributed by atoms with van der Waals surface area (Å²) in [4.78, 5) is 24.0. The van der Waals surface area contributed by atoms with Crippen molar-refractivity contribution in [3.8, 4) is 0 Å². The third-order valence-electron chi connectivity index (χ3n) is 5.73. The number of ether oxygens (including phenoxy) is 4. The van der Waals surface area contributed by atoms with Crippen molar-refractivity contribution in [2.75, 3.05) is 0 Å². The van der Waals surface area contributed by atoms with E-state index < -0.39 is 29.4 Å². The number of carbonyl (C=O) groups excluding carboxylic acids is 2. The summed E-state index contributed by atoms with van der Waals surface area (Å²) in [6.45, 7) is 5.14. The van der Waals surface area contributed by atoms with Gasteiger partial charge in [0, 0.05) is 12.5 Å². The molecule has 1 aromatic rings. The minimum atomic E-state index is -0.840. The molecule has 0 amide bonds. The lowest BCUT2D eigenvalue weighted by atomic mass is 9.86. The van der Waals surface area contributed by atoms with E-state index in [2.05, 4.69) is 0 Å². The van der Waals surface area contributed by atoms with Gasteiger partial charge in [0.1, 0.15) is 11.7 Å². The fourth-order valence-electron chi connectivity index (χ4n) is 4.29. The molecule has 128 valence electrons. The van der Waals surface area contributed by atoms with Gasteiger partial charge in [-0.05, 0) is 32.3 Å². The number of aryl methyl sites for hydroxylation is 1. The van der Waals surface area contributed by atoms with Crippen LogP contribution in [0.15, 0.2) is 10.7 Å². The Morgan fingerprint density at radius 3 is 2.88 bits per heavy atom. The van der Waals surface area contributed by atoms with Crippen LogP contribution in [0.1, 0.15) is 55.8 Å². The maximum absolute atomic E-state index is 12.3. The topological polar surface area (TPSA) is 90.8 Å². The highest BCUT2D eigenvalue weighted by Gasteiger charge is 2.75. The molecule has 3 saturated heterocycles. The maximum atomic E-state index is 12.3. The van der Waals surface area contributed by atoms with Crippen LogP contribution in [0.5, 0.6) is 0 Å². The summed E-state index contributed by atoms with van der Waals surface area (Å²) in [5.74, 6) is -0.246. The molecule has 1 aromatic heterocycles. The van der Waals surface area contributed by atoms with Crippen molar-refractivity contribution in [1.29, 1.82) is 0 Å². The Bertz CT molecular complexity index is 767. The fraction of sp³-hybridized carbons (Fsp3) is 0.647. The van der Waals surface area contributed by atoms with Crippen LogP contribution in [-0.4, -0.2) is 35.3 Å². The Balaban J connectivity index is 1.66. The van der Waals surface area contributed by atoms with Crippen molar-refractivity contribution in [3.05, 3.63) is 23.2 Å². The third-order valence-corrected chi connectivity index (χ3v) is 5.73. The van der Waals surface area contributed by atoms with E-state index in [0.29, 0.717) is 18.6 Å². The van der Waals surface area contributed by atoms with Gasteiger partial charge in [-0.15, -0.1) is 0 Å². The van der Waals surface area contributed by atoms with Crippen LogP contribution < -0.4 is 0 Å². The van der Waals surface area contributed by atoms with Crippen molar-refractivity contribution in [2.45, 2.75) is 69.2 Å². The highest BCUT2D eigenvalue weighted by Crippen LogP contribution is 2.61. The Kier molecular flexibility index (Phi) is 2.54. The van der Waals surface area contributed by atoms with Gasteiger partial charge in [0.15, 0.2) is 23.6 Å². The minimum Gasteiger partial charge on any atom is -0.465 e. The monoisotopic (exact) mass is 334 g/mol. The summed E-state index contributed by atoms with van der Waals surface area (Å²) < 4.78 is 28.6. The first kappa shape index (κ1) is 14.5. The summed E-state index contributed by atoms with van der Waals surface area (Å²) in [6.07, 6.45) is 1.16. The zero-order chi connectivity index (χ0) is 16.9. The van der Waals surface area contributed by atoms with Crippen LogP contribution in [-0.2, 0) is 28.5 Å². The predicted molar refractivity (Wildman–Crippen MR) is 76.9 cm³/mol. The second-order valence-electron chi connectivity index (χ2n) is 7.27. The molecule has 4 aliphatic rings. The summed E-state index contributed by atoms with van der Waals surface area (Å²) in [5, 5.41) is 0. The van der Waals surface area contributed by atoms with Crippen LogP contribution >= 0.6 is 0 Å². The zero-order valence-electron chi connectivity index (χ0n) is 13.7. The van der Waals surface area contributed by atoms with Gasteiger partial charge in [-0.25, -0.2) is 4.79 Å². The van der Waals surface area contributed by atoms with E-state index in [0.717, 1.165) is 11.1 Å². The number of carbonyl (C=O) groups is 2. The molecule has 24 heavy (non-hydrogen) atoms. The number of hydrogen-bond acceptors (Lipinski definition) is 7. The number of furan rings is 1. The Morgan fingerprint density at radius 2 is 2.17 bits per heavy atom. The average Bonchev–Trinajstić information content (AvgIpc) is 3.33. The van der Waals surface area contributed by atoms with Crippen LogP contribution in [0.4, 0.5) is 0 Å². The van der Waals surface area contributed by atoms with E-state index in [1.165, 1.54) is 6.92 Å². The molecule has 7 heteroatoms. The van der Waals surface area contributed by atoms with Crippen molar-refractivity contribution < 1.29 is 33.0 Å². The molecular formula is C17H18O7. The quantitative estimate of drug-likeness (QED) is 0.572. The van der Waals surface area contributed by atoms with Crippen molar-refractivity contribution in [1.82, 2.24) is 0 Å². The molecule has 4 heterocycles. The molecule has 0 saturated carbocycles. The smallest absolute Gasteiger partial charge is 0.342 e. The van der Waals surface area contributed by atoms with Gasteiger partial charge in [0.05, 0.1) is 12.4 Å². The largest absolute Gasteiger partial charge is 0.465 e. The zero-order valence-corrected chi connectivity index (χ0v) is 13.7. The van der Waals surface area contributed by atoms with Gasteiger partial charge < -0.3 is 23.4 Å². The molecule has 5 rings (SSSR count). The number of hydrogen-bond donors (Lipinski definition) is 0. The first-order valence-corrected chi connectivity index (χ1v) is 8.18. The number of rotatable bonds is 1. The summed E-state index contributed by atoms with van der Waals surface area (Å²) >= 11 is 0. The minimum absolute atomic E-state index is 0.121. The average molecular weight is 334 g/mol. The van der Waals surface area contributed by atoms with Crippen molar-refractivity contribution >= 4 is 11.9 Å². The lowest BCUT2D eigenvalue weighted by Crippen LogP contribution is -2.29. The first-order chi connectivity index (χ1) is 11.4. The molecule has 1 aliphatic carbocycles. The molecule has 3 aliphatic heterocycles. The highest BCUT2D eigenvalue weighted by atomic mass is 16.7. The summed E-state index contributed by atoms with van der Waals surface area (Å²) in [5.41, 5.74) is 0.0715. The molecule has 3 fully saturated rings. The SMILES string of the molecule is CC(=O)O[C@H]1c2occ(C)c2[C@@H]2OC(=O)[C@@]3(CC[C@H]4O[C@@]41C)O[C@H]23. The fourth-order valence-corrected chi connectivity index (χ4v) is 4.29. The molecule has 6 atom stereocenters. The van der Waals surface area contributed by atoms with E-state index in [-0.39, 0.29) is 18.2 Å². The molecule has 0 radical (unpaired) electrons. The normalized spacial score (nSPS) is 44.7. The molecule has 0 spiro atoms. The molecule has 0 N–H and O–H groups in total. The first-order valence-electron chi connectivity index (χ1n) is 8.18. The standard InChI is InChI=1S/C17H18O7/c1-7-6-20-11-10(7)12-14-17(24-14,15(19)22-12)5-4-9-16(3,23-9)13(11)21-8(2)18/h6,9,12-14H,4-5H2,1-3H3/t9-,12+,13+,14-,16+,17+/m1/s1. The van der Waals surface area contributed by atoms with Gasteiger partial charge >= 0.3 is 11.9 Å². The van der Waals surface area contributed by atoms with Crippen LogP contribution in [0.2, 0.25) is 0 Å². The summed E-state index contributed by atoms with van der Waals surface area (Å²) in [7, 11) is 0. The Morgan fingerprint density at radius 1 is 1.38 bits per heavy atom. The lowest BCUT2D eigenvalue weighted by molar-refractivity contribution is -0.155. The van der Waals surface area contributed by atoms with Crippen molar-refractivity contribution in [3.63, 3.8) is 0 Å². The number of fused-ring (bicyclic) bond motifs is 3. The van der Waals surface area contributed by atoms with Crippen molar-refractivity contribution in [2.24, 2.45) is 0 Å². The molecule has 0 unspecified atom stereocenters. The maximum Gasteiger partial charge on any atom is 0.342 e. The van der Waals surface area contributed by atoms with Gasteiger partial charge in [-0.1, -0.05) is 0 Å². The molecular weight excluding hydrogens is 316 g/mol. The van der Waals surface area contributed by atoms with E-state index in [4.69, 9.17) is 23.4 Å². The van der Waals surface area contributed by atoms with Gasteiger partial charge in [-0.3, -0.25) is 4.79 Å².